The van der Waals surface area contributed by atoms with Gasteiger partial charge in [-0.2, -0.15) is 18.3 Å². The van der Waals surface area contributed by atoms with Crippen LogP contribution in [-0.2, 0) is 6.18 Å². The maximum Gasteiger partial charge on any atom is 0.417 e. The number of amidine groups is 1. The number of nitrogens with zero attached hydrogens (tertiary/aromatic N) is 2. The average Bonchev–Trinajstić information content (AvgIpc) is 2.72. The Morgan fingerprint density at radius 1 is 1.53 bits per heavy atom. The second kappa shape index (κ2) is 5.25. The van der Waals surface area contributed by atoms with Crippen molar-refractivity contribution in [3.63, 3.8) is 0 Å². The maximum atomic E-state index is 12.4. The van der Waals surface area contributed by atoms with Gasteiger partial charge in [0, 0.05) is 6.20 Å². The van der Waals surface area contributed by atoms with Crippen LogP contribution in [0.2, 0.25) is 5.02 Å². The first-order valence-corrected chi connectivity index (χ1v) is 6.22. The van der Waals surface area contributed by atoms with E-state index >= 15 is 0 Å². The second-order valence-electron chi connectivity index (χ2n) is 3.42. The van der Waals surface area contributed by atoms with Gasteiger partial charge in [-0.25, -0.2) is 4.98 Å². The van der Waals surface area contributed by atoms with Gasteiger partial charge in [0.1, 0.15) is 5.84 Å². The Labute approximate surface area is 114 Å². The molecule has 1 aromatic rings. The van der Waals surface area contributed by atoms with E-state index in [-0.39, 0.29) is 16.1 Å². The van der Waals surface area contributed by atoms with E-state index < -0.39 is 11.7 Å². The fourth-order valence-corrected chi connectivity index (χ4v) is 1.98. The molecule has 0 saturated carbocycles. The largest absolute Gasteiger partial charge is 0.417 e. The van der Waals surface area contributed by atoms with Gasteiger partial charge in [0.05, 0.1) is 16.3 Å². The molecular weight excluding hydrogens is 305 g/mol. The van der Waals surface area contributed by atoms with Crippen LogP contribution in [0, 0.1) is 0 Å². The first-order chi connectivity index (χ1) is 8.86. The zero-order valence-electron chi connectivity index (χ0n) is 9.08. The summed E-state index contributed by atoms with van der Waals surface area (Å²) in [6, 6.07) is 0.749. The summed E-state index contributed by atoms with van der Waals surface area (Å²) in [7, 11) is 0. The summed E-state index contributed by atoms with van der Waals surface area (Å²) in [6.45, 7) is 0. The van der Waals surface area contributed by atoms with Gasteiger partial charge in [-0.05, 0) is 6.07 Å². The van der Waals surface area contributed by atoms with Crippen LogP contribution in [0.5, 0.6) is 0 Å². The van der Waals surface area contributed by atoms with Crippen LogP contribution in [0.3, 0.4) is 0 Å². The molecule has 2 N–H and O–H groups in total. The van der Waals surface area contributed by atoms with E-state index in [4.69, 9.17) is 11.6 Å². The zero-order chi connectivity index (χ0) is 14.0. The topological polar surface area (TPSA) is 66.4 Å². The number of hydrogen-bond donors (Lipinski definition) is 2. The molecule has 0 unspecified atom stereocenters. The van der Waals surface area contributed by atoms with Crippen LogP contribution in [0.1, 0.15) is 5.56 Å². The summed E-state index contributed by atoms with van der Waals surface area (Å²) in [5.74, 6) is 0.686. The van der Waals surface area contributed by atoms with Crippen LogP contribution >= 0.6 is 23.4 Å². The summed E-state index contributed by atoms with van der Waals surface area (Å²) < 4.78 is 37.1. The molecule has 1 aliphatic heterocycles. The fourth-order valence-electron chi connectivity index (χ4n) is 1.18. The van der Waals surface area contributed by atoms with E-state index in [9.17, 15) is 18.0 Å². The highest BCUT2D eigenvalue weighted by molar-refractivity contribution is 8.14. The van der Waals surface area contributed by atoms with Gasteiger partial charge in [0.15, 0.2) is 5.82 Å². The summed E-state index contributed by atoms with van der Waals surface area (Å²) in [6.07, 6.45) is -3.85. The Bertz CT molecular complexity index is 549. The molecule has 0 atom stereocenters. The number of amides is 1. The van der Waals surface area contributed by atoms with E-state index in [0.29, 0.717) is 17.8 Å². The predicted molar refractivity (Wildman–Crippen MR) is 66.3 cm³/mol. The number of alkyl halides is 3. The Morgan fingerprint density at radius 3 is 2.79 bits per heavy atom. The molecule has 1 aromatic heterocycles. The van der Waals surface area contributed by atoms with Crippen molar-refractivity contribution in [2.45, 2.75) is 6.18 Å². The Kier molecular flexibility index (Phi) is 3.85. The van der Waals surface area contributed by atoms with Gasteiger partial charge in [-0.1, -0.05) is 23.4 Å². The van der Waals surface area contributed by atoms with E-state index in [1.807, 2.05) is 0 Å². The third-order valence-electron chi connectivity index (χ3n) is 2.05. The van der Waals surface area contributed by atoms with Crippen LogP contribution < -0.4 is 10.7 Å². The highest BCUT2D eigenvalue weighted by Gasteiger charge is 2.31. The molecule has 0 aromatic carbocycles. The van der Waals surface area contributed by atoms with Crippen molar-refractivity contribution in [1.29, 1.82) is 0 Å². The lowest BCUT2D eigenvalue weighted by Crippen LogP contribution is -2.21. The molecule has 1 amide bonds. The molecule has 10 heteroatoms. The smallest absolute Gasteiger partial charge is 0.303 e. The number of hydrazone groups is 1. The SMILES string of the molecule is O=C1NC(=NNc2ncc(C(F)(F)F)cc2Cl)CS1. The molecule has 102 valence electrons. The number of anilines is 1. The minimum atomic E-state index is -4.50. The minimum absolute atomic E-state index is 0.0201. The first kappa shape index (κ1) is 13.9. The summed E-state index contributed by atoms with van der Waals surface area (Å²) in [4.78, 5) is 14.4. The Balaban J connectivity index is 2.12. The number of pyridine rings is 1. The fraction of sp³-hybridized carbons (Fsp3) is 0.222. The second-order valence-corrected chi connectivity index (χ2v) is 4.78. The molecule has 5 nitrogen and oxygen atoms in total. The Hall–Kier alpha value is -1.48. The first-order valence-electron chi connectivity index (χ1n) is 4.85. The molecule has 2 rings (SSSR count). The van der Waals surface area contributed by atoms with E-state index in [1.165, 1.54) is 0 Å². The molecule has 19 heavy (non-hydrogen) atoms. The number of aromatic nitrogens is 1. The Morgan fingerprint density at radius 2 is 2.26 bits per heavy atom. The summed E-state index contributed by atoms with van der Waals surface area (Å²) in [5.41, 5.74) is 1.46. The molecular formula is C9H6ClF3N4OS. The van der Waals surface area contributed by atoms with Crippen molar-refractivity contribution in [2.75, 3.05) is 11.2 Å². The third-order valence-corrected chi connectivity index (χ3v) is 3.12. The number of halogens is 4. The molecule has 2 heterocycles. The number of hydrogen-bond acceptors (Lipinski definition) is 5. The van der Waals surface area contributed by atoms with Crippen molar-refractivity contribution in [1.82, 2.24) is 10.3 Å². The number of rotatable bonds is 2. The zero-order valence-corrected chi connectivity index (χ0v) is 10.7. The predicted octanol–water partition coefficient (Wildman–Crippen LogP) is 2.94. The quantitative estimate of drug-likeness (QED) is 0.824. The highest BCUT2D eigenvalue weighted by Crippen LogP contribution is 2.32. The number of thioether (sulfide) groups is 1. The van der Waals surface area contributed by atoms with Crippen LogP contribution in [0.4, 0.5) is 23.8 Å². The maximum absolute atomic E-state index is 12.4. The van der Waals surface area contributed by atoms with Crippen molar-refractivity contribution in [2.24, 2.45) is 5.10 Å². The lowest BCUT2D eigenvalue weighted by atomic mass is 10.3. The van der Waals surface area contributed by atoms with Crippen LogP contribution in [0.25, 0.3) is 0 Å². The van der Waals surface area contributed by atoms with Crippen molar-refractivity contribution in [3.05, 3.63) is 22.8 Å². The molecule has 0 spiro atoms. The lowest BCUT2D eigenvalue weighted by molar-refractivity contribution is -0.137. The lowest BCUT2D eigenvalue weighted by Gasteiger charge is -2.08. The summed E-state index contributed by atoms with van der Waals surface area (Å²) >= 11 is 6.69. The highest BCUT2D eigenvalue weighted by atomic mass is 35.5. The van der Waals surface area contributed by atoms with Crippen LogP contribution in [0.15, 0.2) is 17.4 Å². The van der Waals surface area contributed by atoms with Gasteiger partial charge >= 0.3 is 6.18 Å². The molecule has 0 aliphatic carbocycles. The number of nitrogens with one attached hydrogen (secondary N) is 2. The minimum Gasteiger partial charge on any atom is -0.303 e. The third kappa shape index (κ3) is 3.51. The monoisotopic (exact) mass is 310 g/mol. The van der Waals surface area contributed by atoms with Gasteiger partial charge in [0.2, 0.25) is 0 Å². The van der Waals surface area contributed by atoms with Crippen molar-refractivity contribution < 1.29 is 18.0 Å². The van der Waals surface area contributed by atoms with Gasteiger partial charge < -0.3 is 5.32 Å². The summed E-state index contributed by atoms with van der Waals surface area (Å²) in [5, 5.41) is 5.77. The van der Waals surface area contributed by atoms with Crippen molar-refractivity contribution >= 4 is 40.3 Å². The van der Waals surface area contributed by atoms with Gasteiger partial charge in [0.25, 0.3) is 5.24 Å². The number of carbonyl (C=O) groups excluding carboxylic acids is 1. The van der Waals surface area contributed by atoms with E-state index in [1.54, 1.807) is 0 Å². The standard InChI is InChI=1S/C9H6ClF3N4OS/c10-5-1-4(9(11,12)13)2-14-7(5)17-16-6-3-19-8(18)15-6/h1-2H,3H2,(H,14,17)(H,15,16,18). The molecule has 0 bridgehead atoms. The molecule has 0 radical (unpaired) electrons. The number of carbonyl (C=O) groups is 1. The van der Waals surface area contributed by atoms with Gasteiger partial charge in [-0.3, -0.25) is 10.2 Å². The molecule has 1 saturated heterocycles. The van der Waals surface area contributed by atoms with E-state index in [2.05, 4.69) is 20.8 Å². The normalized spacial score (nSPS) is 17.7. The molecule has 1 aliphatic rings. The van der Waals surface area contributed by atoms with E-state index in [0.717, 1.165) is 17.8 Å². The van der Waals surface area contributed by atoms with Gasteiger partial charge in [-0.15, -0.1) is 0 Å². The average molecular weight is 311 g/mol. The van der Waals surface area contributed by atoms with Crippen LogP contribution in [-0.4, -0.2) is 21.8 Å². The molecule has 1 fully saturated rings. The van der Waals surface area contributed by atoms with Crippen molar-refractivity contribution in [3.8, 4) is 0 Å².